The van der Waals surface area contributed by atoms with Crippen molar-refractivity contribution in [2.75, 3.05) is 13.2 Å². The molecule has 304 valence electrons. The van der Waals surface area contributed by atoms with E-state index in [4.69, 9.17) is 18.9 Å². The number of rotatable bonds is 32. The van der Waals surface area contributed by atoms with Crippen LogP contribution < -0.4 is 0 Å². The molecule has 0 radical (unpaired) electrons. The number of carbonyl (C=O) groups is 3. The predicted octanol–water partition coefficient (Wildman–Crippen LogP) is 7.81. The molecule has 1 aliphatic rings. The van der Waals surface area contributed by atoms with Gasteiger partial charge in [0.2, 0.25) is 0 Å². The normalized spacial score (nSPS) is 21.3. The van der Waals surface area contributed by atoms with Crippen LogP contribution in [0.3, 0.4) is 0 Å². The van der Waals surface area contributed by atoms with E-state index >= 15 is 0 Å². The number of carboxylic acid groups (broad SMARTS) is 1. The Hall–Kier alpha value is -2.83. The molecule has 0 spiro atoms. The molecule has 0 aromatic heterocycles. The van der Waals surface area contributed by atoms with Crippen LogP contribution in [-0.2, 0) is 33.3 Å². The average Bonchev–Trinajstić information content (AvgIpc) is 3.14. The standard InChI is InChI=1S/C42H70O11/c1-3-5-7-9-11-13-15-17-19-20-22-24-26-28-30-35(43)50-32-34(33-51-42-39(47)37(45)38(46)40(53-42)41(48)49)52-36(44)31-29-27-25-23-21-18-16-14-12-10-8-6-4-2/h8-11,14-17,34,37-40,42,45-47H,3-7,12-13,18-33H2,1-2H3,(H,48,49)/b10-8-,11-9-,16-14-,17-15-. The average molecular weight is 751 g/mol. The van der Waals surface area contributed by atoms with E-state index in [2.05, 4.69) is 62.5 Å². The van der Waals surface area contributed by atoms with Crippen LogP contribution in [0.4, 0.5) is 0 Å². The highest BCUT2D eigenvalue weighted by atomic mass is 16.7. The second-order valence-corrected chi connectivity index (χ2v) is 13.8. The monoisotopic (exact) mass is 750 g/mol. The first-order valence-corrected chi connectivity index (χ1v) is 20.2. The number of unbranched alkanes of at least 4 members (excludes halogenated alkanes) is 13. The minimum atomic E-state index is -1.87. The summed E-state index contributed by atoms with van der Waals surface area (Å²) in [5.74, 6) is -2.49. The molecule has 0 aromatic rings. The zero-order chi connectivity index (χ0) is 38.9. The maximum Gasteiger partial charge on any atom is 0.335 e. The Morgan fingerprint density at radius 3 is 1.64 bits per heavy atom. The fourth-order valence-corrected chi connectivity index (χ4v) is 5.64. The van der Waals surface area contributed by atoms with Crippen molar-refractivity contribution < 1.29 is 53.8 Å². The summed E-state index contributed by atoms with van der Waals surface area (Å²) in [4.78, 5) is 36.7. The first kappa shape index (κ1) is 48.2. The van der Waals surface area contributed by atoms with Gasteiger partial charge in [0.1, 0.15) is 24.9 Å². The van der Waals surface area contributed by atoms with Crippen LogP contribution in [-0.4, -0.2) is 88.4 Å². The Morgan fingerprint density at radius 1 is 0.585 bits per heavy atom. The number of esters is 2. The molecule has 0 aliphatic carbocycles. The highest BCUT2D eigenvalue weighted by Crippen LogP contribution is 2.23. The van der Waals surface area contributed by atoms with Crippen molar-refractivity contribution in [2.24, 2.45) is 0 Å². The van der Waals surface area contributed by atoms with E-state index in [-0.39, 0.29) is 19.4 Å². The fraction of sp³-hybridized carbons (Fsp3) is 0.738. The number of aliphatic carboxylic acids is 1. The lowest BCUT2D eigenvalue weighted by atomic mass is 9.99. The topological polar surface area (TPSA) is 169 Å². The third-order valence-corrected chi connectivity index (χ3v) is 8.88. The summed E-state index contributed by atoms with van der Waals surface area (Å²) in [6.07, 6.45) is 27.4. The van der Waals surface area contributed by atoms with Gasteiger partial charge in [0.05, 0.1) is 6.61 Å². The molecule has 1 fully saturated rings. The lowest BCUT2D eigenvalue weighted by molar-refractivity contribution is -0.298. The van der Waals surface area contributed by atoms with E-state index in [1.165, 1.54) is 12.8 Å². The van der Waals surface area contributed by atoms with Crippen LogP contribution in [0, 0.1) is 0 Å². The van der Waals surface area contributed by atoms with Gasteiger partial charge >= 0.3 is 17.9 Å². The molecule has 1 heterocycles. The summed E-state index contributed by atoms with van der Waals surface area (Å²) in [5.41, 5.74) is 0. The fourth-order valence-electron chi connectivity index (χ4n) is 5.64. The van der Waals surface area contributed by atoms with Crippen molar-refractivity contribution in [1.82, 2.24) is 0 Å². The molecule has 53 heavy (non-hydrogen) atoms. The largest absolute Gasteiger partial charge is 0.479 e. The Kier molecular flexibility index (Phi) is 29.6. The van der Waals surface area contributed by atoms with Gasteiger partial charge in [-0.25, -0.2) is 4.79 Å². The van der Waals surface area contributed by atoms with Crippen LogP contribution in [0.2, 0.25) is 0 Å². The van der Waals surface area contributed by atoms with Gasteiger partial charge in [0, 0.05) is 12.8 Å². The number of aliphatic hydroxyl groups is 3. The minimum absolute atomic E-state index is 0.162. The summed E-state index contributed by atoms with van der Waals surface area (Å²) in [6.45, 7) is 3.65. The molecule has 0 aromatic carbocycles. The van der Waals surface area contributed by atoms with Gasteiger partial charge in [0.25, 0.3) is 0 Å². The van der Waals surface area contributed by atoms with Crippen molar-refractivity contribution in [3.63, 3.8) is 0 Å². The summed E-state index contributed by atoms with van der Waals surface area (Å²) in [7, 11) is 0. The minimum Gasteiger partial charge on any atom is -0.479 e. The quantitative estimate of drug-likeness (QED) is 0.0301. The van der Waals surface area contributed by atoms with Gasteiger partial charge < -0.3 is 39.4 Å². The van der Waals surface area contributed by atoms with Crippen molar-refractivity contribution >= 4 is 17.9 Å². The summed E-state index contributed by atoms with van der Waals surface area (Å²) in [5, 5.41) is 39.7. The number of hydrogen-bond acceptors (Lipinski definition) is 10. The van der Waals surface area contributed by atoms with Crippen molar-refractivity contribution in [3.05, 3.63) is 48.6 Å². The van der Waals surface area contributed by atoms with E-state index < -0.39 is 61.3 Å². The zero-order valence-electron chi connectivity index (χ0n) is 32.5. The van der Waals surface area contributed by atoms with E-state index in [1.807, 2.05) is 0 Å². The number of hydrogen-bond donors (Lipinski definition) is 4. The van der Waals surface area contributed by atoms with E-state index in [1.54, 1.807) is 0 Å². The van der Waals surface area contributed by atoms with Crippen LogP contribution in [0.25, 0.3) is 0 Å². The van der Waals surface area contributed by atoms with Gasteiger partial charge in [-0.1, -0.05) is 120 Å². The molecule has 1 saturated heterocycles. The summed E-state index contributed by atoms with van der Waals surface area (Å²) in [6, 6.07) is 0. The van der Waals surface area contributed by atoms with Gasteiger partial charge in [0.15, 0.2) is 18.5 Å². The van der Waals surface area contributed by atoms with Gasteiger partial charge in [-0.3, -0.25) is 9.59 Å². The lowest BCUT2D eigenvalue weighted by Crippen LogP contribution is -2.60. The number of aliphatic hydroxyl groups excluding tert-OH is 3. The molecule has 11 nitrogen and oxygen atoms in total. The van der Waals surface area contributed by atoms with Crippen molar-refractivity contribution in [3.8, 4) is 0 Å². The highest BCUT2D eigenvalue weighted by Gasteiger charge is 2.47. The predicted molar refractivity (Wildman–Crippen MR) is 206 cm³/mol. The second kappa shape index (κ2) is 32.6. The van der Waals surface area contributed by atoms with Crippen LogP contribution in [0.15, 0.2) is 48.6 Å². The highest BCUT2D eigenvalue weighted by molar-refractivity contribution is 5.73. The number of carbonyl (C=O) groups excluding carboxylic acids is 2. The van der Waals surface area contributed by atoms with Gasteiger partial charge in [-0.2, -0.15) is 0 Å². The molecule has 6 unspecified atom stereocenters. The van der Waals surface area contributed by atoms with E-state index in [0.717, 1.165) is 96.3 Å². The first-order valence-electron chi connectivity index (χ1n) is 20.2. The Bertz CT molecular complexity index is 1070. The third kappa shape index (κ3) is 25.0. The second-order valence-electron chi connectivity index (χ2n) is 13.8. The Balaban J connectivity index is 2.45. The Labute approximate surface area is 318 Å². The first-order chi connectivity index (χ1) is 25.7. The molecule has 0 saturated carbocycles. The SMILES string of the molecule is CCC/C=C\C/C=C\CCCCCCCC(=O)OC(COC(=O)CCCCCCC/C=C\C/C=C\CCCC)COC1OC(C(=O)O)C(O)C(O)C1O. The smallest absolute Gasteiger partial charge is 0.335 e. The molecule has 4 N–H and O–H groups in total. The maximum atomic E-state index is 12.7. The lowest BCUT2D eigenvalue weighted by Gasteiger charge is -2.38. The van der Waals surface area contributed by atoms with Crippen LogP contribution in [0.5, 0.6) is 0 Å². The zero-order valence-corrected chi connectivity index (χ0v) is 32.5. The summed E-state index contributed by atoms with van der Waals surface area (Å²) >= 11 is 0. The molecule has 1 rings (SSSR count). The number of ether oxygens (including phenoxy) is 4. The molecule has 0 bridgehead atoms. The van der Waals surface area contributed by atoms with Gasteiger partial charge in [-0.15, -0.1) is 0 Å². The molecule has 11 heteroatoms. The molecule has 0 amide bonds. The van der Waals surface area contributed by atoms with Crippen molar-refractivity contribution in [2.45, 2.75) is 185 Å². The maximum absolute atomic E-state index is 12.7. The summed E-state index contributed by atoms with van der Waals surface area (Å²) < 4.78 is 21.6. The van der Waals surface area contributed by atoms with E-state index in [9.17, 15) is 34.8 Å². The molecule has 1 aliphatic heterocycles. The molecular weight excluding hydrogens is 680 g/mol. The van der Waals surface area contributed by atoms with E-state index in [0.29, 0.717) is 12.8 Å². The Morgan fingerprint density at radius 2 is 1.09 bits per heavy atom. The molecule has 6 atom stereocenters. The third-order valence-electron chi connectivity index (χ3n) is 8.88. The number of carboxylic acids is 1. The van der Waals surface area contributed by atoms with Crippen LogP contribution >= 0.6 is 0 Å². The van der Waals surface area contributed by atoms with Gasteiger partial charge in [-0.05, 0) is 64.2 Å². The van der Waals surface area contributed by atoms with Crippen molar-refractivity contribution in [1.29, 1.82) is 0 Å². The molecular formula is C42H70O11. The van der Waals surface area contributed by atoms with Crippen LogP contribution in [0.1, 0.15) is 149 Å². The number of allylic oxidation sites excluding steroid dienone is 8.